The van der Waals surface area contributed by atoms with Gasteiger partial charge in [0, 0.05) is 23.0 Å². The molecule has 2 N–H and O–H groups in total. The number of rotatable bonds is 4. The van der Waals surface area contributed by atoms with Crippen LogP contribution in [0.25, 0.3) is 0 Å². The first-order valence-corrected chi connectivity index (χ1v) is 7.89. The molecule has 6 heteroatoms. The number of halogens is 2. The molecule has 0 aliphatic heterocycles. The van der Waals surface area contributed by atoms with E-state index in [0.717, 1.165) is 31.5 Å². The minimum atomic E-state index is 0.351. The molecule has 0 amide bonds. The van der Waals surface area contributed by atoms with Gasteiger partial charge in [-0.1, -0.05) is 0 Å². The molecule has 0 saturated carbocycles. The van der Waals surface area contributed by atoms with Crippen molar-refractivity contribution in [3.63, 3.8) is 0 Å². The van der Waals surface area contributed by atoms with Crippen molar-refractivity contribution in [3.8, 4) is 11.5 Å². The third-order valence-corrected chi connectivity index (χ3v) is 4.30. The largest absolute Gasteiger partial charge is 0.496 e. The number of aromatic nitrogens is 1. The number of benzene rings is 1. The van der Waals surface area contributed by atoms with Crippen LogP contribution in [0.5, 0.6) is 11.5 Å². The lowest BCUT2D eigenvalue weighted by Crippen LogP contribution is -2.05. The third kappa shape index (κ3) is 3.49. The molecule has 0 spiro atoms. The quantitative estimate of drug-likeness (QED) is 0.752. The molecule has 112 valence electrons. The van der Waals surface area contributed by atoms with E-state index < -0.39 is 0 Å². The van der Waals surface area contributed by atoms with E-state index >= 15 is 0 Å². The molecular formula is C15H16Br2N2O2. The molecule has 0 bridgehead atoms. The highest BCUT2D eigenvalue weighted by Gasteiger charge is 2.12. The lowest BCUT2D eigenvalue weighted by molar-refractivity contribution is 0.295. The Morgan fingerprint density at radius 2 is 1.76 bits per heavy atom. The summed E-state index contributed by atoms with van der Waals surface area (Å²) in [6, 6.07) is 3.60. The number of hydrogen-bond acceptors (Lipinski definition) is 4. The number of nitrogens with zero attached hydrogens (tertiary/aromatic N) is 1. The van der Waals surface area contributed by atoms with Crippen molar-refractivity contribution in [2.45, 2.75) is 20.5 Å². The van der Waals surface area contributed by atoms with Crippen LogP contribution in [0.2, 0.25) is 0 Å². The Bertz CT molecular complexity index is 652. The topological polar surface area (TPSA) is 57.4 Å². The Morgan fingerprint density at radius 1 is 1.14 bits per heavy atom. The zero-order valence-corrected chi connectivity index (χ0v) is 15.2. The zero-order valence-electron chi connectivity index (χ0n) is 12.0. The van der Waals surface area contributed by atoms with Gasteiger partial charge in [0.15, 0.2) is 0 Å². The number of pyridine rings is 1. The smallest absolute Gasteiger partial charge is 0.148 e. The SMILES string of the molecule is COc1c(C)cnc(COc2c(Br)cc(N)cc2Br)c1C. The molecule has 0 saturated heterocycles. The average Bonchev–Trinajstić information content (AvgIpc) is 2.40. The number of methoxy groups -OCH3 is 1. The molecule has 1 aromatic heterocycles. The van der Waals surface area contributed by atoms with Crippen LogP contribution in [-0.2, 0) is 6.61 Å². The van der Waals surface area contributed by atoms with Crippen molar-refractivity contribution in [2.75, 3.05) is 12.8 Å². The van der Waals surface area contributed by atoms with Crippen LogP contribution in [0.4, 0.5) is 5.69 Å². The number of nitrogens with two attached hydrogens (primary N) is 1. The van der Waals surface area contributed by atoms with Gasteiger partial charge < -0.3 is 15.2 Å². The van der Waals surface area contributed by atoms with Gasteiger partial charge in [0.2, 0.25) is 0 Å². The maximum absolute atomic E-state index is 5.86. The van der Waals surface area contributed by atoms with Crippen molar-refractivity contribution in [1.29, 1.82) is 0 Å². The fraction of sp³-hybridized carbons (Fsp3) is 0.267. The summed E-state index contributed by atoms with van der Waals surface area (Å²) < 4.78 is 12.9. The first-order valence-electron chi connectivity index (χ1n) is 6.30. The Morgan fingerprint density at radius 3 is 2.33 bits per heavy atom. The highest BCUT2D eigenvalue weighted by Crippen LogP contribution is 2.36. The van der Waals surface area contributed by atoms with E-state index in [2.05, 4.69) is 36.8 Å². The van der Waals surface area contributed by atoms with Crippen LogP contribution in [0.3, 0.4) is 0 Å². The molecule has 21 heavy (non-hydrogen) atoms. The molecule has 2 aromatic rings. The van der Waals surface area contributed by atoms with E-state index in [0.29, 0.717) is 18.0 Å². The molecule has 1 heterocycles. The Labute approximate surface area is 140 Å². The summed E-state index contributed by atoms with van der Waals surface area (Å²) in [6.45, 7) is 4.30. The Kier molecular flexibility index (Phi) is 5.11. The first kappa shape index (κ1) is 16.1. The summed E-state index contributed by atoms with van der Waals surface area (Å²) in [5.41, 5.74) is 9.26. The summed E-state index contributed by atoms with van der Waals surface area (Å²) >= 11 is 6.90. The van der Waals surface area contributed by atoms with Crippen LogP contribution in [0, 0.1) is 13.8 Å². The van der Waals surface area contributed by atoms with Gasteiger partial charge in [-0.25, -0.2) is 0 Å². The number of aryl methyl sites for hydroxylation is 1. The molecule has 0 aliphatic rings. The van der Waals surface area contributed by atoms with Gasteiger partial charge >= 0.3 is 0 Å². The molecule has 0 fully saturated rings. The van der Waals surface area contributed by atoms with Gasteiger partial charge in [-0.3, -0.25) is 4.98 Å². The van der Waals surface area contributed by atoms with Crippen LogP contribution >= 0.6 is 31.9 Å². The van der Waals surface area contributed by atoms with Crippen molar-refractivity contribution >= 4 is 37.5 Å². The van der Waals surface area contributed by atoms with Crippen LogP contribution in [-0.4, -0.2) is 12.1 Å². The molecule has 4 nitrogen and oxygen atoms in total. The zero-order chi connectivity index (χ0) is 15.6. The second-order valence-corrected chi connectivity index (χ2v) is 6.36. The predicted molar refractivity (Wildman–Crippen MR) is 90.8 cm³/mol. The fourth-order valence-corrected chi connectivity index (χ4v) is 3.53. The second kappa shape index (κ2) is 6.66. The van der Waals surface area contributed by atoms with E-state index in [1.807, 2.05) is 13.8 Å². The maximum atomic E-state index is 5.86. The first-order chi connectivity index (χ1) is 9.93. The normalized spacial score (nSPS) is 10.5. The summed E-state index contributed by atoms with van der Waals surface area (Å²) in [5, 5.41) is 0. The van der Waals surface area contributed by atoms with E-state index in [-0.39, 0.29) is 0 Å². The van der Waals surface area contributed by atoms with Crippen molar-refractivity contribution in [3.05, 3.63) is 44.1 Å². The number of hydrogen-bond donors (Lipinski definition) is 1. The van der Waals surface area contributed by atoms with Crippen molar-refractivity contribution in [1.82, 2.24) is 4.98 Å². The molecule has 0 aliphatic carbocycles. The van der Waals surface area contributed by atoms with Crippen LogP contribution in [0.1, 0.15) is 16.8 Å². The average molecular weight is 416 g/mol. The van der Waals surface area contributed by atoms with E-state index in [1.165, 1.54) is 0 Å². The van der Waals surface area contributed by atoms with Gasteiger partial charge in [0.05, 0.1) is 21.7 Å². The lowest BCUT2D eigenvalue weighted by Gasteiger charge is -2.14. The van der Waals surface area contributed by atoms with Crippen molar-refractivity contribution < 1.29 is 9.47 Å². The van der Waals surface area contributed by atoms with Gasteiger partial charge in [-0.2, -0.15) is 0 Å². The van der Waals surface area contributed by atoms with E-state index in [4.69, 9.17) is 15.2 Å². The monoisotopic (exact) mass is 414 g/mol. The predicted octanol–water partition coefficient (Wildman–Crippen LogP) is 4.39. The minimum Gasteiger partial charge on any atom is -0.496 e. The number of anilines is 1. The molecular weight excluding hydrogens is 400 g/mol. The van der Waals surface area contributed by atoms with Gasteiger partial charge in [-0.05, 0) is 57.8 Å². The second-order valence-electron chi connectivity index (χ2n) is 4.65. The van der Waals surface area contributed by atoms with E-state index in [1.54, 1.807) is 25.4 Å². The Balaban J connectivity index is 2.25. The summed E-state index contributed by atoms with van der Waals surface area (Å²) in [6.07, 6.45) is 1.79. The standard InChI is InChI=1S/C15H16Br2N2O2/c1-8-6-19-13(9(2)14(8)20-3)7-21-15-11(16)4-10(18)5-12(15)17/h4-6H,7,18H2,1-3H3. The molecule has 0 radical (unpaired) electrons. The Hall–Kier alpha value is -1.27. The minimum absolute atomic E-state index is 0.351. The van der Waals surface area contributed by atoms with Gasteiger partial charge in [-0.15, -0.1) is 0 Å². The molecule has 2 rings (SSSR count). The van der Waals surface area contributed by atoms with E-state index in [9.17, 15) is 0 Å². The van der Waals surface area contributed by atoms with Crippen molar-refractivity contribution in [2.24, 2.45) is 0 Å². The van der Waals surface area contributed by atoms with Crippen LogP contribution < -0.4 is 15.2 Å². The summed E-state index contributed by atoms with van der Waals surface area (Å²) in [7, 11) is 1.66. The maximum Gasteiger partial charge on any atom is 0.148 e. The van der Waals surface area contributed by atoms with Gasteiger partial charge in [0.25, 0.3) is 0 Å². The summed E-state index contributed by atoms with van der Waals surface area (Å²) in [5.74, 6) is 1.55. The molecule has 0 unspecified atom stereocenters. The third-order valence-electron chi connectivity index (χ3n) is 3.12. The lowest BCUT2D eigenvalue weighted by atomic mass is 10.1. The summed E-state index contributed by atoms with van der Waals surface area (Å²) in [4.78, 5) is 4.42. The van der Waals surface area contributed by atoms with Gasteiger partial charge in [0.1, 0.15) is 18.1 Å². The highest BCUT2D eigenvalue weighted by molar-refractivity contribution is 9.11. The molecule has 1 aromatic carbocycles. The van der Waals surface area contributed by atoms with Crippen LogP contribution in [0.15, 0.2) is 27.3 Å². The highest BCUT2D eigenvalue weighted by atomic mass is 79.9. The number of ether oxygens (including phenoxy) is 2. The number of nitrogen functional groups attached to an aromatic ring is 1. The molecule has 0 atom stereocenters. The fourth-order valence-electron chi connectivity index (χ4n) is 2.07.